The van der Waals surface area contributed by atoms with Crippen molar-refractivity contribution in [1.29, 1.82) is 0 Å². The van der Waals surface area contributed by atoms with Gasteiger partial charge in [0.1, 0.15) is 0 Å². The van der Waals surface area contributed by atoms with Crippen LogP contribution in [0.5, 0.6) is 0 Å². The number of thioether (sulfide) groups is 1. The summed E-state index contributed by atoms with van der Waals surface area (Å²) in [5.41, 5.74) is 0. The van der Waals surface area contributed by atoms with Crippen LogP contribution in [0, 0.1) is 0 Å². The van der Waals surface area contributed by atoms with Crippen LogP contribution in [-0.4, -0.2) is 41.0 Å². The number of piperidine rings is 1. The summed E-state index contributed by atoms with van der Waals surface area (Å²) < 4.78 is 0. The van der Waals surface area contributed by atoms with E-state index in [1.165, 1.54) is 30.7 Å². The first-order chi connectivity index (χ1) is 9.25. The summed E-state index contributed by atoms with van der Waals surface area (Å²) in [6.45, 7) is 4.25. The first-order valence-corrected chi connectivity index (χ1v) is 8.34. The molecule has 1 heterocycles. The molecule has 0 amide bonds. The summed E-state index contributed by atoms with van der Waals surface area (Å²) >= 11 is 1.93. The molecule has 0 aliphatic carbocycles. The second kappa shape index (κ2) is 7.93. The quantitative estimate of drug-likeness (QED) is 0.807. The Bertz CT molecular complexity index is 355. The number of benzene rings is 1. The Hall–Kier alpha value is -0.510. The van der Waals surface area contributed by atoms with Crippen molar-refractivity contribution in [2.75, 3.05) is 18.8 Å². The zero-order valence-corrected chi connectivity index (χ0v) is 12.6. The summed E-state index contributed by atoms with van der Waals surface area (Å²) in [4.78, 5) is 3.93. The van der Waals surface area contributed by atoms with Gasteiger partial charge in [-0.15, -0.1) is 11.8 Å². The Balaban J connectivity index is 1.76. The number of nitrogens with zero attached hydrogens (tertiary/aromatic N) is 1. The van der Waals surface area contributed by atoms with Crippen molar-refractivity contribution in [3.63, 3.8) is 0 Å². The standard InChI is InChI=1S/C16H25NOS/c1-14(18)13-15-7-5-6-10-17(15)11-12-19-16-8-3-2-4-9-16/h2-4,8-9,14-15,18H,5-7,10-13H2,1H3. The van der Waals surface area contributed by atoms with E-state index in [4.69, 9.17) is 0 Å². The maximum atomic E-state index is 9.59. The van der Waals surface area contributed by atoms with E-state index >= 15 is 0 Å². The van der Waals surface area contributed by atoms with Gasteiger partial charge in [-0.05, 0) is 44.9 Å². The fraction of sp³-hybridized carbons (Fsp3) is 0.625. The van der Waals surface area contributed by atoms with Crippen molar-refractivity contribution < 1.29 is 5.11 Å². The van der Waals surface area contributed by atoms with E-state index < -0.39 is 0 Å². The fourth-order valence-corrected chi connectivity index (χ4v) is 3.72. The van der Waals surface area contributed by atoms with Crippen LogP contribution in [0.15, 0.2) is 35.2 Å². The molecule has 1 N–H and O–H groups in total. The predicted octanol–water partition coefficient (Wildman–Crippen LogP) is 3.40. The van der Waals surface area contributed by atoms with Crippen LogP contribution in [0.2, 0.25) is 0 Å². The molecule has 2 unspecified atom stereocenters. The summed E-state index contributed by atoms with van der Waals surface area (Å²) in [7, 11) is 0. The van der Waals surface area contributed by atoms with Gasteiger partial charge in [0.25, 0.3) is 0 Å². The van der Waals surface area contributed by atoms with Crippen LogP contribution in [-0.2, 0) is 0 Å². The highest BCUT2D eigenvalue weighted by Gasteiger charge is 2.22. The third-order valence-electron chi connectivity index (χ3n) is 3.75. The predicted molar refractivity (Wildman–Crippen MR) is 82.7 cm³/mol. The second-order valence-corrected chi connectivity index (χ2v) is 6.60. The van der Waals surface area contributed by atoms with Gasteiger partial charge in [0.2, 0.25) is 0 Å². The molecular weight excluding hydrogens is 254 g/mol. The van der Waals surface area contributed by atoms with Gasteiger partial charge in [-0.3, -0.25) is 4.90 Å². The van der Waals surface area contributed by atoms with Gasteiger partial charge in [-0.25, -0.2) is 0 Å². The molecule has 19 heavy (non-hydrogen) atoms. The van der Waals surface area contributed by atoms with Crippen molar-refractivity contribution in [2.45, 2.75) is 49.6 Å². The van der Waals surface area contributed by atoms with Crippen molar-refractivity contribution in [3.8, 4) is 0 Å². The van der Waals surface area contributed by atoms with Gasteiger partial charge >= 0.3 is 0 Å². The molecule has 1 aromatic carbocycles. The van der Waals surface area contributed by atoms with E-state index in [9.17, 15) is 5.11 Å². The van der Waals surface area contributed by atoms with Crippen molar-refractivity contribution in [2.24, 2.45) is 0 Å². The minimum atomic E-state index is -0.174. The third-order valence-corrected chi connectivity index (χ3v) is 4.74. The number of rotatable bonds is 6. The van der Waals surface area contributed by atoms with Crippen LogP contribution in [0.1, 0.15) is 32.6 Å². The molecule has 2 nitrogen and oxygen atoms in total. The lowest BCUT2D eigenvalue weighted by atomic mass is 9.97. The first kappa shape index (κ1) is 14.9. The zero-order chi connectivity index (χ0) is 13.5. The molecule has 1 fully saturated rings. The van der Waals surface area contributed by atoms with Gasteiger partial charge in [0.05, 0.1) is 6.10 Å². The van der Waals surface area contributed by atoms with Crippen molar-refractivity contribution in [3.05, 3.63) is 30.3 Å². The molecule has 0 saturated carbocycles. The fourth-order valence-electron chi connectivity index (χ4n) is 2.81. The molecule has 0 radical (unpaired) electrons. The lowest BCUT2D eigenvalue weighted by molar-refractivity contribution is 0.0916. The Morgan fingerprint density at radius 2 is 2.11 bits per heavy atom. The number of aliphatic hydroxyl groups excluding tert-OH is 1. The zero-order valence-electron chi connectivity index (χ0n) is 11.8. The highest BCUT2D eigenvalue weighted by atomic mass is 32.2. The van der Waals surface area contributed by atoms with Crippen LogP contribution in [0.25, 0.3) is 0 Å². The van der Waals surface area contributed by atoms with Gasteiger partial charge < -0.3 is 5.11 Å². The van der Waals surface area contributed by atoms with E-state index in [0.29, 0.717) is 6.04 Å². The van der Waals surface area contributed by atoms with Crippen LogP contribution in [0.4, 0.5) is 0 Å². The molecule has 3 heteroatoms. The number of likely N-dealkylation sites (tertiary alicyclic amines) is 1. The average molecular weight is 279 g/mol. The minimum Gasteiger partial charge on any atom is -0.393 e. The van der Waals surface area contributed by atoms with E-state index in [0.717, 1.165) is 18.7 Å². The number of aliphatic hydroxyl groups is 1. The van der Waals surface area contributed by atoms with Gasteiger partial charge in [0, 0.05) is 23.2 Å². The minimum absolute atomic E-state index is 0.174. The van der Waals surface area contributed by atoms with Crippen LogP contribution >= 0.6 is 11.8 Å². The van der Waals surface area contributed by atoms with Gasteiger partial charge in [-0.2, -0.15) is 0 Å². The van der Waals surface area contributed by atoms with Crippen LogP contribution in [0.3, 0.4) is 0 Å². The molecule has 1 saturated heterocycles. The maximum absolute atomic E-state index is 9.59. The smallest absolute Gasteiger partial charge is 0.0527 e. The third kappa shape index (κ3) is 5.17. The van der Waals surface area contributed by atoms with Crippen molar-refractivity contribution >= 4 is 11.8 Å². The largest absolute Gasteiger partial charge is 0.393 e. The van der Waals surface area contributed by atoms with E-state index in [1.54, 1.807) is 0 Å². The highest BCUT2D eigenvalue weighted by molar-refractivity contribution is 7.99. The van der Waals surface area contributed by atoms with E-state index in [2.05, 4.69) is 35.2 Å². The normalized spacial score (nSPS) is 22.3. The number of hydrogen-bond donors (Lipinski definition) is 1. The number of hydrogen-bond acceptors (Lipinski definition) is 3. The molecule has 1 aliphatic heterocycles. The molecule has 1 aromatic rings. The summed E-state index contributed by atoms with van der Waals surface area (Å²) in [5, 5.41) is 9.59. The van der Waals surface area contributed by atoms with Gasteiger partial charge in [-0.1, -0.05) is 24.6 Å². The highest BCUT2D eigenvalue weighted by Crippen LogP contribution is 2.23. The van der Waals surface area contributed by atoms with Crippen LogP contribution < -0.4 is 0 Å². The molecule has 0 spiro atoms. The Kier molecular flexibility index (Phi) is 6.21. The van der Waals surface area contributed by atoms with Gasteiger partial charge in [0.15, 0.2) is 0 Å². The Morgan fingerprint density at radius 3 is 2.84 bits per heavy atom. The summed E-state index contributed by atoms with van der Waals surface area (Å²) in [6.07, 6.45) is 4.63. The molecule has 0 aromatic heterocycles. The second-order valence-electron chi connectivity index (χ2n) is 5.43. The van der Waals surface area contributed by atoms with E-state index in [-0.39, 0.29) is 6.10 Å². The first-order valence-electron chi connectivity index (χ1n) is 7.35. The van der Waals surface area contributed by atoms with E-state index in [1.807, 2.05) is 18.7 Å². The Labute approximate surface area is 121 Å². The molecule has 0 bridgehead atoms. The monoisotopic (exact) mass is 279 g/mol. The summed E-state index contributed by atoms with van der Waals surface area (Å²) in [6, 6.07) is 11.2. The molecular formula is C16H25NOS. The molecule has 2 atom stereocenters. The lowest BCUT2D eigenvalue weighted by Gasteiger charge is -2.36. The average Bonchev–Trinajstić information content (AvgIpc) is 2.41. The SMILES string of the molecule is CC(O)CC1CCCCN1CCSc1ccccc1. The molecule has 106 valence electrons. The molecule has 1 aliphatic rings. The van der Waals surface area contributed by atoms with Crippen molar-refractivity contribution in [1.82, 2.24) is 4.90 Å². The maximum Gasteiger partial charge on any atom is 0.0527 e. The molecule has 2 rings (SSSR count). The topological polar surface area (TPSA) is 23.5 Å². The lowest BCUT2D eigenvalue weighted by Crippen LogP contribution is -2.42. The summed E-state index contributed by atoms with van der Waals surface area (Å²) in [5.74, 6) is 1.14. The Morgan fingerprint density at radius 1 is 1.32 bits per heavy atom.